The molecule has 0 aromatic carbocycles. The molecular weight excluding hydrogens is 254 g/mol. The van der Waals surface area contributed by atoms with E-state index >= 15 is 0 Å². The van der Waals surface area contributed by atoms with E-state index in [9.17, 15) is 4.79 Å². The van der Waals surface area contributed by atoms with E-state index in [-0.39, 0.29) is 18.4 Å². The lowest BCUT2D eigenvalue weighted by Crippen LogP contribution is -2.33. The Bertz CT molecular complexity index is 495. The molecule has 0 spiro atoms. The lowest BCUT2D eigenvalue weighted by atomic mass is 10.2. The number of likely N-dealkylation sites (tertiary alicyclic amines) is 1. The molecule has 0 atom stereocenters. The Morgan fingerprint density at radius 3 is 2.60 bits per heavy atom. The Balaban J connectivity index is 2.06. The summed E-state index contributed by atoms with van der Waals surface area (Å²) in [5.74, 6) is 2.15. The Morgan fingerprint density at radius 2 is 2.00 bits per heavy atom. The van der Waals surface area contributed by atoms with Gasteiger partial charge >= 0.3 is 0 Å². The molecule has 2 heterocycles. The highest BCUT2D eigenvalue weighted by molar-refractivity contribution is 5.81. The number of nitrogens with one attached hydrogen (secondary N) is 1. The zero-order valence-corrected chi connectivity index (χ0v) is 12.4. The number of hydrogen-bond acceptors (Lipinski definition) is 5. The van der Waals surface area contributed by atoms with Crippen molar-refractivity contribution in [3.05, 3.63) is 11.4 Å². The Morgan fingerprint density at radius 1 is 1.35 bits per heavy atom. The van der Waals surface area contributed by atoms with Crippen LogP contribution in [0.1, 0.15) is 44.0 Å². The van der Waals surface area contributed by atoms with Crippen molar-refractivity contribution in [3.8, 4) is 0 Å². The second-order valence-electron chi connectivity index (χ2n) is 5.54. The van der Waals surface area contributed by atoms with Gasteiger partial charge in [0, 0.05) is 24.6 Å². The molecule has 0 radical (unpaired) electrons. The number of nitrogens with two attached hydrogens (primary N) is 1. The summed E-state index contributed by atoms with van der Waals surface area (Å²) >= 11 is 0. The number of nitrogens with zero attached hydrogens (tertiary/aromatic N) is 3. The Labute approximate surface area is 119 Å². The molecular formula is C14H23N5O. The molecule has 6 heteroatoms. The standard InChI is InChI=1S/C14H23N5O/c1-9(2)13-17-12(15)10(3)14(18-13)16-8-11(20)19-6-4-5-7-19/h9H,4-8H2,1-3H3,(H3,15,16,17,18). The first-order valence-electron chi connectivity index (χ1n) is 7.14. The van der Waals surface area contributed by atoms with Crippen molar-refractivity contribution in [1.29, 1.82) is 0 Å². The minimum atomic E-state index is 0.116. The van der Waals surface area contributed by atoms with Crippen LogP contribution in [0.5, 0.6) is 0 Å². The highest BCUT2D eigenvalue weighted by Gasteiger charge is 2.18. The van der Waals surface area contributed by atoms with Crippen LogP contribution in [0.2, 0.25) is 0 Å². The van der Waals surface area contributed by atoms with Crippen LogP contribution in [0.25, 0.3) is 0 Å². The zero-order valence-electron chi connectivity index (χ0n) is 12.4. The number of aromatic nitrogens is 2. The Hall–Kier alpha value is -1.85. The molecule has 20 heavy (non-hydrogen) atoms. The van der Waals surface area contributed by atoms with Gasteiger partial charge in [-0.25, -0.2) is 9.97 Å². The predicted molar refractivity (Wildman–Crippen MR) is 79.6 cm³/mol. The quantitative estimate of drug-likeness (QED) is 0.871. The van der Waals surface area contributed by atoms with Crippen molar-refractivity contribution < 1.29 is 4.79 Å². The maximum absolute atomic E-state index is 12.0. The van der Waals surface area contributed by atoms with Gasteiger partial charge in [-0.15, -0.1) is 0 Å². The van der Waals surface area contributed by atoms with Gasteiger partial charge in [0.05, 0.1) is 6.54 Å². The summed E-state index contributed by atoms with van der Waals surface area (Å²) in [5.41, 5.74) is 6.70. The second-order valence-corrected chi connectivity index (χ2v) is 5.54. The number of rotatable bonds is 4. The number of hydrogen-bond donors (Lipinski definition) is 2. The van der Waals surface area contributed by atoms with Crippen LogP contribution in [-0.2, 0) is 4.79 Å². The van der Waals surface area contributed by atoms with E-state index in [1.807, 2.05) is 25.7 Å². The van der Waals surface area contributed by atoms with Gasteiger partial charge < -0.3 is 16.0 Å². The number of nitrogen functional groups attached to an aromatic ring is 1. The van der Waals surface area contributed by atoms with Crippen LogP contribution in [0.3, 0.4) is 0 Å². The molecule has 0 bridgehead atoms. The molecule has 0 saturated carbocycles. The van der Waals surface area contributed by atoms with E-state index < -0.39 is 0 Å². The fourth-order valence-electron chi connectivity index (χ4n) is 2.22. The van der Waals surface area contributed by atoms with Gasteiger partial charge in [-0.2, -0.15) is 0 Å². The van der Waals surface area contributed by atoms with Crippen LogP contribution in [0.4, 0.5) is 11.6 Å². The molecule has 0 unspecified atom stereocenters. The molecule has 0 aliphatic carbocycles. The smallest absolute Gasteiger partial charge is 0.241 e. The highest BCUT2D eigenvalue weighted by atomic mass is 16.2. The van der Waals surface area contributed by atoms with Gasteiger partial charge in [0.25, 0.3) is 0 Å². The number of amides is 1. The highest BCUT2D eigenvalue weighted by Crippen LogP contribution is 2.20. The van der Waals surface area contributed by atoms with Crippen molar-refractivity contribution >= 4 is 17.5 Å². The minimum absolute atomic E-state index is 0.116. The normalized spacial score (nSPS) is 14.9. The van der Waals surface area contributed by atoms with E-state index in [2.05, 4.69) is 15.3 Å². The van der Waals surface area contributed by atoms with Gasteiger partial charge in [-0.1, -0.05) is 13.8 Å². The largest absolute Gasteiger partial charge is 0.383 e. The molecule has 110 valence electrons. The van der Waals surface area contributed by atoms with Crippen molar-refractivity contribution in [2.75, 3.05) is 30.7 Å². The van der Waals surface area contributed by atoms with Crippen molar-refractivity contribution in [3.63, 3.8) is 0 Å². The topological polar surface area (TPSA) is 84.1 Å². The first-order chi connectivity index (χ1) is 9.49. The summed E-state index contributed by atoms with van der Waals surface area (Å²) in [6.45, 7) is 7.88. The van der Waals surface area contributed by atoms with Crippen molar-refractivity contribution in [2.24, 2.45) is 0 Å². The number of carbonyl (C=O) groups excluding carboxylic acids is 1. The second kappa shape index (κ2) is 6.07. The van der Waals surface area contributed by atoms with Crippen molar-refractivity contribution in [1.82, 2.24) is 14.9 Å². The molecule has 1 amide bonds. The molecule has 1 fully saturated rings. The zero-order chi connectivity index (χ0) is 14.7. The summed E-state index contributed by atoms with van der Waals surface area (Å²) in [5, 5.41) is 3.10. The van der Waals surface area contributed by atoms with Crippen LogP contribution >= 0.6 is 0 Å². The fourth-order valence-corrected chi connectivity index (χ4v) is 2.22. The van der Waals surface area contributed by atoms with Gasteiger partial charge in [0.15, 0.2) is 0 Å². The summed E-state index contributed by atoms with van der Waals surface area (Å²) < 4.78 is 0. The third kappa shape index (κ3) is 3.18. The van der Waals surface area contributed by atoms with E-state index in [0.29, 0.717) is 17.5 Å². The SMILES string of the molecule is Cc1c(N)nc(C(C)C)nc1NCC(=O)N1CCCC1. The third-order valence-electron chi connectivity index (χ3n) is 3.58. The molecule has 1 aliphatic heterocycles. The molecule has 1 aliphatic rings. The summed E-state index contributed by atoms with van der Waals surface area (Å²) in [7, 11) is 0. The first-order valence-corrected chi connectivity index (χ1v) is 7.14. The van der Waals surface area contributed by atoms with Gasteiger partial charge in [0.1, 0.15) is 17.5 Å². The lowest BCUT2D eigenvalue weighted by Gasteiger charge is -2.17. The summed E-state index contributed by atoms with van der Waals surface area (Å²) in [6.07, 6.45) is 2.20. The first kappa shape index (κ1) is 14.6. The van der Waals surface area contributed by atoms with Crippen LogP contribution in [-0.4, -0.2) is 40.4 Å². The number of anilines is 2. The molecule has 6 nitrogen and oxygen atoms in total. The monoisotopic (exact) mass is 277 g/mol. The predicted octanol–water partition coefficient (Wildman–Crippen LogP) is 1.52. The maximum Gasteiger partial charge on any atom is 0.241 e. The van der Waals surface area contributed by atoms with E-state index in [1.165, 1.54) is 0 Å². The fraction of sp³-hybridized carbons (Fsp3) is 0.643. The van der Waals surface area contributed by atoms with Crippen molar-refractivity contribution in [2.45, 2.75) is 39.5 Å². The van der Waals surface area contributed by atoms with Gasteiger partial charge in [0.2, 0.25) is 5.91 Å². The van der Waals surface area contributed by atoms with E-state index in [0.717, 1.165) is 31.5 Å². The summed E-state index contributed by atoms with van der Waals surface area (Å²) in [4.78, 5) is 22.6. The van der Waals surface area contributed by atoms with Crippen LogP contribution < -0.4 is 11.1 Å². The van der Waals surface area contributed by atoms with Gasteiger partial charge in [-0.3, -0.25) is 4.79 Å². The number of carbonyl (C=O) groups is 1. The molecule has 1 aromatic heterocycles. The van der Waals surface area contributed by atoms with E-state index in [4.69, 9.17) is 5.73 Å². The van der Waals surface area contributed by atoms with E-state index in [1.54, 1.807) is 0 Å². The lowest BCUT2D eigenvalue weighted by molar-refractivity contribution is -0.128. The summed E-state index contributed by atoms with van der Waals surface area (Å²) in [6, 6.07) is 0. The van der Waals surface area contributed by atoms with Crippen LogP contribution in [0, 0.1) is 6.92 Å². The third-order valence-corrected chi connectivity index (χ3v) is 3.58. The molecule has 3 N–H and O–H groups in total. The average molecular weight is 277 g/mol. The maximum atomic E-state index is 12.0. The average Bonchev–Trinajstić information content (AvgIpc) is 2.93. The Kier molecular flexibility index (Phi) is 4.42. The van der Waals surface area contributed by atoms with Gasteiger partial charge in [-0.05, 0) is 19.8 Å². The minimum Gasteiger partial charge on any atom is -0.383 e. The molecule has 1 aromatic rings. The molecule has 2 rings (SSSR count). The molecule has 1 saturated heterocycles. The van der Waals surface area contributed by atoms with Crippen LogP contribution in [0.15, 0.2) is 0 Å².